The van der Waals surface area contributed by atoms with Crippen molar-refractivity contribution in [2.24, 2.45) is 0 Å². The molecule has 0 saturated carbocycles. The Morgan fingerprint density at radius 3 is 2.36 bits per heavy atom. The number of rotatable bonds is 7. The molecule has 0 spiro atoms. The number of amides is 1. The molecule has 1 aromatic rings. The molecule has 1 amide bonds. The minimum absolute atomic E-state index is 0.0141. The molecule has 1 N–H and O–H groups in total. The molecule has 7 nitrogen and oxygen atoms in total. The van der Waals surface area contributed by atoms with Gasteiger partial charge in [0.05, 0.1) is 16.4 Å². The van der Waals surface area contributed by atoms with Crippen molar-refractivity contribution in [3.8, 4) is 0 Å². The maximum absolute atomic E-state index is 12.8. The number of nitrogens with zero attached hydrogens (tertiary/aromatic N) is 1. The Labute approximate surface area is 149 Å². The Morgan fingerprint density at radius 1 is 1.24 bits per heavy atom. The first-order chi connectivity index (χ1) is 11.7. The molecule has 1 saturated heterocycles. The van der Waals surface area contributed by atoms with Crippen molar-refractivity contribution in [1.29, 1.82) is 0 Å². The second-order valence-electron chi connectivity index (χ2n) is 6.05. The second kappa shape index (κ2) is 7.84. The Balaban J connectivity index is 2.22. The van der Waals surface area contributed by atoms with Gasteiger partial charge in [-0.05, 0) is 37.1 Å². The van der Waals surface area contributed by atoms with Gasteiger partial charge in [-0.2, -0.15) is 4.31 Å². The minimum Gasteiger partial charge on any atom is -0.352 e. The monoisotopic (exact) mass is 388 g/mol. The van der Waals surface area contributed by atoms with Crippen LogP contribution in [0.15, 0.2) is 29.2 Å². The number of sulfone groups is 1. The van der Waals surface area contributed by atoms with E-state index in [9.17, 15) is 21.6 Å². The second-order valence-corrected chi connectivity index (χ2v) is 10.2. The lowest BCUT2D eigenvalue weighted by molar-refractivity contribution is 0.0953. The summed E-state index contributed by atoms with van der Waals surface area (Å²) in [4.78, 5) is 12.0. The van der Waals surface area contributed by atoms with Crippen LogP contribution in [0.1, 0.15) is 37.0 Å². The Kier molecular flexibility index (Phi) is 6.23. The van der Waals surface area contributed by atoms with E-state index in [1.165, 1.54) is 28.6 Å². The number of hydrogen-bond acceptors (Lipinski definition) is 5. The molecule has 1 aromatic carbocycles. The lowest BCUT2D eigenvalue weighted by Gasteiger charge is -2.26. The minimum atomic E-state index is -3.81. The molecule has 1 unspecified atom stereocenters. The summed E-state index contributed by atoms with van der Waals surface area (Å²) in [6, 6.07) is 5.19. The molecule has 140 valence electrons. The number of sulfonamides is 1. The van der Waals surface area contributed by atoms with E-state index in [0.717, 1.165) is 6.42 Å². The average molecular weight is 389 g/mol. The van der Waals surface area contributed by atoms with Crippen LogP contribution < -0.4 is 5.32 Å². The topological polar surface area (TPSA) is 101 Å². The van der Waals surface area contributed by atoms with E-state index in [4.69, 9.17) is 0 Å². The molecule has 1 aliphatic heterocycles. The van der Waals surface area contributed by atoms with Crippen molar-refractivity contribution < 1.29 is 21.6 Å². The summed E-state index contributed by atoms with van der Waals surface area (Å²) in [5.74, 6) is -0.377. The van der Waals surface area contributed by atoms with E-state index in [0.29, 0.717) is 18.5 Å². The number of carbonyl (C=O) groups excluding carboxylic acids is 1. The van der Waals surface area contributed by atoms with Crippen LogP contribution >= 0.6 is 0 Å². The predicted octanol–water partition coefficient (Wildman–Crippen LogP) is 1.02. The molecule has 1 heterocycles. The number of carbonyl (C=O) groups is 1. The Morgan fingerprint density at radius 2 is 1.88 bits per heavy atom. The van der Waals surface area contributed by atoms with Gasteiger partial charge in [0.1, 0.15) is 0 Å². The van der Waals surface area contributed by atoms with E-state index in [1.807, 2.05) is 6.92 Å². The Hall–Kier alpha value is -1.45. The van der Waals surface area contributed by atoms with Gasteiger partial charge in [0.2, 0.25) is 10.0 Å². The lowest BCUT2D eigenvalue weighted by atomic mass is 10.2. The molecule has 9 heteroatoms. The zero-order valence-electron chi connectivity index (χ0n) is 14.4. The van der Waals surface area contributed by atoms with E-state index in [-0.39, 0.29) is 28.9 Å². The fourth-order valence-corrected chi connectivity index (χ4v) is 6.37. The highest BCUT2D eigenvalue weighted by molar-refractivity contribution is 7.92. The van der Waals surface area contributed by atoms with E-state index < -0.39 is 25.9 Å². The predicted molar refractivity (Wildman–Crippen MR) is 95.7 cm³/mol. The molecule has 1 aliphatic rings. The third-order valence-corrected chi connectivity index (χ3v) is 7.98. The van der Waals surface area contributed by atoms with Gasteiger partial charge in [-0.1, -0.05) is 13.8 Å². The van der Waals surface area contributed by atoms with Gasteiger partial charge in [0, 0.05) is 24.7 Å². The summed E-state index contributed by atoms with van der Waals surface area (Å²) in [6.07, 6.45) is 1.13. The summed E-state index contributed by atoms with van der Waals surface area (Å²) in [7, 11) is -6.99. The molecule has 0 aliphatic carbocycles. The van der Waals surface area contributed by atoms with Crippen molar-refractivity contribution in [2.75, 3.05) is 24.6 Å². The Bertz CT molecular complexity index is 817. The van der Waals surface area contributed by atoms with Gasteiger partial charge < -0.3 is 5.32 Å². The van der Waals surface area contributed by atoms with Crippen molar-refractivity contribution >= 4 is 25.8 Å². The van der Waals surface area contributed by atoms with Crippen LogP contribution in [0.5, 0.6) is 0 Å². The van der Waals surface area contributed by atoms with Crippen LogP contribution in [0.3, 0.4) is 0 Å². The zero-order chi connectivity index (χ0) is 18.7. The molecule has 0 bridgehead atoms. The van der Waals surface area contributed by atoms with E-state index in [1.54, 1.807) is 6.92 Å². The molecular weight excluding hydrogens is 364 g/mol. The van der Waals surface area contributed by atoms with Crippen LogP contribution in [0.4, 0.5) is 0 Å². The maximum atomic E-state index is 12.8. The van der Waals surface area contributed by atoms with Gasteiger partial charge in [-0.3, -0.25) is 4.79 Å². The summed E-state index contributed by atoms with van der Waals surface area (Å²) in [6.45, 7) is 4.38. The van der Waals surface area contributed by atoms with Gasteiger partial charge >= 0.3 is 0 Å². The summed E-state index contributed by atoms with van der Waals surface area (Å²) < 4.78 is 50.3. The molecule has 0 radical (unpaired) electrons. The highest BCUT2D eigenvalue weighted by atomic mass is 32.2. The van der Waals surface area contributed by atoms with Crippen LogP contribution in [-0.2, 0) is 19.9 Å². The van der Waals surface area contributed by atoms with Gasteiger partial charge in [0.25, 0.3) is 5.91 Å². The maximum Gasteiger partial charge on any atom is 0.251 e. The summed E-state index contributed by atoms with van der Waals surface area (Å²) in [5.41, 5.74) is 0.388. The first-order valence-corrected chi connectivity index (χ1v) is 11.6. The van der Waals surface area contributed by atoms with Gasteiger partial charge in [-0.15, -0.1) is 0 Å². The fraction of sp³-hybridized carbons (Fsp3) is 0.562. The molecule has 0 aromatic heterocycles. The normalized spacial score (nSPS) is 19.9. The molecule has 1 atom stereocenters. The fourth-order valence-electron chi connectivity index (χ4n) is 2.88. The number of hydrogen-bond donors (Lipinski definition) is 1. The highest BCUT2D eigenvalue weighted by Gasteiger charge is 2.37. The van der Waals surface area contributed by atoms with Crippen LogP contribution in [0.2, 0.25) is 0 Å². The van der Waals surface area contributed by atoms with Gasteiger partial charge in [-0.25, -0.2) is 16.8 Å². The van der Waals surface area contributed by atoms with Crippen molar-refractivity contribution in [1.82, 2.24) is 9.62 Å². The van der Waals surface area contributed by atoms with Crippen LogP contribution in [0.25, 0.3) is 0 Å². The SMILES string of the molecule is CCCNC(=O)c1ccc(S(=O)(=O)N(CC)C2CCS(=O)(=O)C2)cc1. The third kappa shape index (κ3) is 4.59. The standard InChI is InChI=1S/C16H24N2O5S2/c1-3-10-17-16(19)13-5-7-15(8-6-13)25(22,23)18(4-2)14-9-11-24(20,21)12-14/h5-8,14H,3-4,9-12H2,1-2H3,(H,17,19). The number of nitrogens with one attached hydrogen (secondary N) is 1. The molecular formula is C16H24N2O5S2. The van der Waals surface area contributed by atoms with E-state index in [2.05, 4.69) is 5.32 Å². The van der Waals surface area contributed by atoms with Crippen LogP contribution in [-0.4, -0.2) is 57.7 Å². The van der Waals surface area contributed by atoms with Crippen molar-refractivity contribution in [3.05, 3.63) is 29.8 Å². The average Bonchev–Trinajstić information content (AvgIpc) is 2.92. The largest absolute Gasteiger partial charge is 0.352 e. The van der Waals surface area contributed by atoms with Crippen LogP contribution in [0, 0.1) is 0 Å². The first-order valence-electron chi connectivity index (χ1n) is 8.31. The van der Waals surface area contributed by atoms with Gasteiger partial charge in [0.15, 0.2) is 9.84 Å². The smallest absolute Gasteiger partial charge is 0.251 e. The summed E-state index contributed by atoms with van der Waals surface area (Å²) in [5, 5.41) is 2.73. The van der Waals surface area contributed by atoms with Crippen molar-refractivity contribution in [2.45, 2.75) is 37.6 Å². The molecule has 1 fully saturated rings. The zero-order valence-corrected chi connectivity index (χ0v) is 16.1. The highest BCUT2D eigenvalue weighted by Crippen LogP contribution is 2.25. The third-order valence-electron chi connectivity index (χ3n) is 4.19. The molecule has 25 heavy (non-hydrogen) atoms. The van der Waals surface area contributed by atoms with E-state index >= 15 is 0 Å². The first kappa shape index (κ1) is 19.9. The number of benzene rings is 1. The summed E-state index contributed by atoms with van der Waals surface area (Å²) >= 11 is 0. The quantitative estimate of drug-likeness (QED) is 0.752. The lowest BCUT2D eigenvalue weighted by Crippen LogP contribution is -2.40. The molecule has 2 rings (SSSR count). The van der Waals surface area contributed by atoms with Crippen molar-refractivity contribution in [3.63, 3.8) is 0 Å².